The molecule has 1 aliphatic rings. The number of ether oxygens (including phenoxy) is 1. The number of amides is 1. The molecule has 1 amide bonds. The van der Waals surface area contributed by atoms with Crippen molar-refractivity contribution in [1.82, 2.24) is 5.32 Å². The zero-order valence-corrected chi connectivity index (χ0v) is 11.5. The molecule has 0 aromatic rings. The number of carbonyl (C=O) groups excluding carboxylic acids is 1. The molecular weight excluding hydrogens is 234 g/mol. The molecule has 1 aliphatic carbocycles. The minimum atomic E-state index is -0.545. The highest BCUT2D eigenvalue weighted by Gasteiger charge is 2.37. The third-order valence-electron chi connectivity index (χ3n) is 3.11. The third-order valence-corrected chi connectivity index (χ3v) is 3.11. The summed E-state index contributed by atoms with van der Waals surface area (Å²) in [6.07, 6.45) is 2.31. The molecule has 0 aromatic carbocycles. The Bertz CT molecular complexity index is 271. The highest BCUT2D eigenvalue weighted by molar-refractivity contribution is 5.68. The molecule has 0 aliphatic heterocycles. The Morgan fingerprint density at radius 2 is 2.00 bits per heavy atom. The van der Waals surface area contributed by atoms with Crippen molar-refractivity contribution in [3.8, 4) is 0 Å². The summed E-state index contributed by atoms with van der Waals surface area (Å²) in [5.74, 6) is 0.636. The number of carbonyl (C=O) groups is 1. The summed E-state index contributed by atoms with van der Waals surface area (Å²) in [7, 11) is 0. The summed E-state index contributed by atoms with van der Waals surface area (Å²) < 4.78 is 5.17. The van der Waals surface area contributed by atoms with Crippen LogP contribution in [-0.4, -0.2) is 41.2 Å². The van der Waals surface area contributed by atoms with Crippen LogP contribution < -0.4 is 5.32 Å². The Hall–Kier alpha value is -0.810. The molecule has 0 bridgehead atoms. The number of nitrogens with one attached hydrogen (secondary N) is 1. The second-order valence-corrected chi connectivity index (χ2v) is 5.95. The summed E-state index contributed by atoms with van der Waals surface area (Å²) in [5, 5.41) is 21.2. The van der Waals surface area contributed by atoms with Gasteiger partial charge in [0.25, 0.3) is 0 Å². The van der Waals surface area contributed by atoms with Crippen LogP contribution in [0.2, 0.25) is 0 Å². The van der Waals surface area contributed by atoms with Gasteiger partial charge in [0.2, 0.25) is 0 Å². The fourth-order valence-corrected chi connectivity index (χ4v) is 2.19. The molecular formula is C13H25NO4. The van der Waals surface area contributed by atoms with Gasteiger partial charge in [0.15, 0.2) is 0 Å². The second-order valence-electron chi connectivity index (χ2n) is 5.95. The number of aliphatic hydroxyl groups excluding tert-OH is 2. The lowest BCUT2D eigenvalue weighted by atomic mass is 9.92. The van der Waals surface area contributed by atoms with Gasteiger partial charge in [-0.1, -0.05) is 0 Å². The van der Waals surface area contributed by atoms with Crippen LogP contribution in [0.4, 0.5) is 4.79 Å². The van der Waals surface area contributed by atoms with Crippen LogP contribution >= 0.6 is 0 Å². The van der Waals surface area contributed by atoms with Crippen LogP contribution in [0.25, 0.3) is 0 Å². The third kappa shape index (κ3) is 5.23. The van der Waals surface area contributed by atoms with Crippen molar-refractivity contribution < 1.29 is 19.7 Å². The molecule has 1 saturated carbocycles. The van der Waals surface area contributed by atoms with Gasteiger partial charge in [0.05, 0.1) is 12.6 Å². The predicted octanol–water partition coefficient (Wildman–Crippen LogP) is 1.28. The van der Waals surface area contributed by atoms with Gasteiger partial charge >= 0.3 is 6.09 Å². The van der Waals surface area contributed by atoms with Crippen molar-refractivity contribution in [2.24, 2.45) is 11.8 Å². The molecule has 0 spiro atoms. The molecule has 5 heteroatoms. The fraction of sp³-hybridized carbons (Fsp3) is 0.923. The van der Waals surface area contributed by atoms with Crippen LogP contribution in [0, 0.1) is 11.8 Å². The molecule has 0 saturated heterocycles. The number of rotatable bonds is 6. The zero-order valence-electron chi connectivity index (χ0n) is 11.5. The van der Waals surface area contributed by atoms with E-state index in [9.17, 15) is 9.90 Å². The van der Waals surface area contributed by atoms with Gasteiger partial charge in [0, 0.05) is 6.61 Å². The first-order valence-electron chi connectivity index (χ1n) is 6.58. The largest absolute Gasteiger partial charge is 0.444 e. The molecule has 0 aromatic heterocycles. The first kappa shape index (κ1) is 15.2. The zero-order chi connectivity index (χ0) is 13.8. The number of aliphatic hydroxyl groups is 2. The smallest absolute Gasteiger partial charge is 0.407 e. The van der Waals surface area contributed by atoms with Crippen molar-refractivity contribution in [3.63, 3.8) is 0 Å². The molecule has 3 N–H and O–H groups in total. The predicted molar refractivity (Wildman–Crippen MR) is 68.2 cm³/mol. The average Bonchev–Trinajstić information content (AvgIpc) is 3.04. The molecule has 2 atom stereocenters. The Balaban J connectivity index is 2.51. The lowest BCUT2D eigenvalue weighted by molar-refractivity contribution is 0.0435. The molecule has 1 rings (SSSR count). The van der Waals surface area contributed by atoms with Crippen molar-refractivity contribution >= 4 is 6.09 Å². The lowest BCUT2D eigenvalue weighted by Crippen LogP contribution is -2.46. The van der Waals surface area contributed by atoms with Gasteiger partial charge in [-0.2, -0.15) is 0 Å². The van der Waals surface area contributed by atoms with E-state index in [1.54, 1.807) is 20.8 Å². The van der Waals surface area contributed by atoms with Crippen LogP contribution in [0.5, 0.6) is 0 Å². The van der Waals surface area contributed by atoms with E-state index < -0.39 is 11.7 Å². The normalized spacial score (nSPS) is 19.2. The maximum atomic E-state index is 11.7. The molecule has 106 valence electrons. The summed E-state index contributed by atoms with van der Waals surface area (Å²) in [6, 6.07) is -0.334. The fourth-order valence-electron chi connectivity index (χ4n) is 2.19. The van der Waals surface area contributed by atoms with Crippen molar-refractivity contribution in [3.05, 3.63) is 0 Å². The number of hydrogen-bond donors (Lipinski definition) is 3. The Labute approximate surface area is 109 Å². The van der Waals surface area contributed by atoms with Crippen molar-refractivity contribution in [2.75, 3.05) is 13.2 Å². The van der Waals surface area contributed by atoms with E-state index in [0.717, 1.165) is 12.8 Å². The van der Waals surface area contributed by atoms with Crippen LogP contribution in [0.15, 0.2) is 0 Å². The SMILES string of the molecule is CC(C)(C)OC(=O)N[C@@H](CO)[C@@H](CCO)C1CC1. The van der Waals surface area contributed by atoms with Gasteiger partial charge in [-0.15, -0.1) is 0 Å². The minimum Gasteiger partial charge on any atom is -0.444 e. The van der Waals surface area contributed by atoms with Crippen molar-refractivity contribution in [1.29, 1.82) is 0 Å². The van der Waals surface area contributed by atoms with Gasteiger partial charge in [0.1, 0.15) is 5.60 Å². The summed E-state index contributed by atoms with van der Waals surface area (Å²) in [5.41, 5.74) is -0.545. The minimum absolute atomic E-state index is 0.0770. The monoisotopic (exact) mass is 259 g/mol. The first-order chi connectivity index (χ1) is 8.37. The molecule has 0 radical (unpaired) electrons. The maximum absolute atomic E-state index is 11.7. The van der Waals surface area contributed by atoms with Crippen LogP contribution in [-0.2, 0) is 4.74 Å². The second kappa shape index (κ2) is 6.38. The van der Waals surface area contributed by atoms with Crippen LogP contribution in [0.1, 0.15) is 40.0 Å². The van der Waals surface area contributed by atoms with Gasteiger partial charge in [-0.25, -0.2) is 4.79 Å². The van der Waals surface area contributed by atoms with E-state index in [4.69, 9.17) is 9.84 Å². The van der Waals surface area contributed by atoms with Gasteiger partial charge < -0.3 is 20.3 Å². The van der Waals surface area contributed by atoms with E-state index in [2.05, 4.69) is 5.32 Å². The first-order valence-corrected chi connectivity index (χ1v) is 6.58. The van der Waals surface area contributed by atoms with E-state index in [0.29, 0.717) is 12.3 Å². The van der Waals surface area contributed by atoms with E-state index in [1.165, 1.54) is 0 Å². The quantitative estimate of drug-likeness (QED) is 0.671. The highest BCUT2D eigenvalue weighted by Crippen LogP contribution is 2.40. The van der Waals surface area contributed by atoms with E-state index >= 15 is 0 Å². The Kier molecular flexibility index (Phi) is 5.41. The van der Waals surface area contributed by atoms with E-state index in [1.807, 2.05) is 0 Å². The summed E-state index contributed by atoms with van der Waals surface area (Å²) in [6.45, 7) is 5.35. The molecule has 0 unspecified atom stereocenters. The molecule has 5 nitrogen and oxygen atoms in total. The van der Waals surface area contributed by atoms with Crippen molar-refractivity contribution in [2.45, 2.75) is 51.7 Å². The Morgan fingerprint density at radius 3 is 2.39 bits per heavy atom. The molecule has 18 heavy (non-hydrogen) atoms. The van der Waals surface area contributed by atoms with E-state index in [-0.39, 0.29) is 25.2 Å². The van der Waals surface area contributed by atoms with Gasteiger partial charge in [-0.3, -0.25) is 0 Å². The number of alkyl carbamates (subject to hydrolysis) is 1. The highest BCUT2D eigenvalue weighted by atomic mass is 16.6. The summed E-state index contributed by atoms with van der Waals surface area (Å²) in [4.78, 5) is 11.7. The van der Waals surface area contributed by atoms with Gasteiger partial charge in [-0.05, 0) is 51.9 Å². The average molecular weight is 259 g/mol. The van der Waals surface area contributed by atoms with Crippen LogP contribution in [0.3, 0.4) is 0 Å². The number of hydrogen-bond acceptors (Lipinski definition) is 4. The topological polar surface area (TPSA) is 78.8 Å². The maximum Gasteiger partial charge on any atom is 0.407 e. The summed E-state index contributed by atoms with van der Waals surface area (Å²) >= 11 is 0. The lowest BCUT2D eigenvalue weighted by Gasteiger charge is -2.28. The standard InChI is InChI=1S/C13H25NO4/c1-13(2,3)18-12(17)14-11(8-16)10(6-7-15)9-4-5-9/h9-11,15-16H,4-8H2,1-3H3,(H,14,17)/t10-,11-/m0/s1. The molecule has 0 heterocycles. The Morgan fingerprint density at radius 1 is 1.39 bits per heavy atom. The molecule has 1 fully saturated rings.